The third-order valence-corrected chi connectivity index (χ3v) is 5.93. The Morgan fingerprint density at radius 1 is 0.871 bits per heavy atom. The molecule has 3 rings (SSSR count). The Bertz CT molecular complexity index is 1110. The van der Waals surface area contributed by atoms with Gasteiger partial charge in [0.15, 0.2) is 0 Å². The van der Waals surface area contributed by atoms with Gasteiger partial charge in [0, 0.05) is 11.3 Å². The molecule has 0 saturated carbocycles. The van der Waals surface area contributed by atoms with Gasteiger partial charge in [0.05, 0.1) is 14.9 Å². The first-order valence-corrected chi connectivity index (χ1v) is 11.0. The normalized spacial score (nSPS) is 11.8. The lowest BCUT2D eigenvalue weighted by molar-refractivity contribution is 0.0958. The Labute approximate surface area is 191 Å². The molecule has 31 heavy (non-hydrogen) atoms. The van der Waals surface area contributed by atoms with Gasteiger partial charge in [0.1, 0.15) is 0 Å². The zero-order valence-electron chi connectivity index (χ0n) is 17.8. The molecule has 2 aromatic carbocycles. The van der Waals surface area contributed by atoms with Gasteiger partial charge in [-0.25, -0.2) is 5.43 Å². The fourth-order valence-electron chi connectivity index (χ4n) is 2.81. The van der Waals surface area contributed by atoms with E-state index in [-0.39, 0.29) is 17.2 Å². The van der Waals surface area contributed by atoms with Crippen molar-refractivity contribution in [3.63, 3.8) is 0 Å². The number of nitrogens with zero attached hydrogens (tertiary/aromatic N) is 1. The topological polar surface area (TPSA) is 70.6 Å². The van der Waals surface area contributed by atoms with Gasteiger partial charge in [-0.2, -0.15) is 5.10 Å². The minimum Gasteiger partial charge on any atom is -0.322 e. The molecular formula is C24H24ClN3O2S. The van der Waals surface area contributed by atoms with Crippen LogP contribution in [0, 0.1) is 0 Å². The fraction of sp³-hybridized carbons (Fsp3) is 0.208. The highest BCUT2D eigenvalue weighted by atomic mass is 35.5. The Morgan fingerprint density at radius 2 is 1.48 bits per heavy atom. The SMILES string of the molecule is C/C(=N/NC(=O)c1ccc(Cl)s1)c1ccc(NC(=O)c2ccc(C(C)(C)C)cc2)cc1. The number of thiophene rings is 1. The molecule has 2 amide bonds. The predicted molar refractivity (Wildman–Crippen MR) is 129 cm³/mol. The molecule has 160 valence electrons. The van der Waals surface area contributed by atoms with E-state index in [1.807, 2.05) is 36.4 Å². The highest BCUT2D eigenvalue weighted by Gasteiger charge is 2.14. The number of amides is 2. The maximum Gasteiger partial charge on any atom is 0.281 e. The van der Waals surface area contributed by atoms with Crippen LogP contribution in [0.4, 0.5) is 5.69 Å². The molecule has 1 aromatic heterocycles. The van der Waals surface area contributed by atoms with E-state index in [0.717, 1.165) is 5.56 Å². The number of anilines is 1. The van der Waals surface area contributed by atoms with Crippen molar-refractivity contribution in [3.8, 4) is 0 Å². The lowest BCUT2D eigenvalue weighted by atomic mass is 9.87. The summed E-state index contributed by atoms with van der Waals surface area (Å²) in [5.74, 6) is -0.474. The van der Waals surface area contributed by atoms with E-state index < -0.39 is 0 Å². The van der Waals surface area contributed by atoms with Crippen LogP contribution in [0.2, 0.25) is 4.34 Å². The molecule has 0 aliphatic heterocycles. The molecule has 0 bridgehead atoms. The Balaban J connectivity index is 1.61. The Hall–Kier alpha value is -2.96. The summed E-state index contributed by atoms with van der Waals surface area (Å²) >= 11 is 7.05. The monoisotopic (exact) mass is 453 g/mol. The number of hydrogen-bond acceptors (Lipinski definition) is 4. The molecule has 2 N–H and O–H groups in total. The number of rotatable bonds is 5. The minimum atomic E-state index is -0.308. The molecule has 0 aliphatic carbocycles. The van der Waals surface area contributed by atoms with E-state index in [2.05, 4.69) is 36.6 Å². The molecule has 5 nitrogen and oxygen atoms in total. The number of hydrogen-bond donors (Lipinski definition) is 2. The highest BCUT2D eigenvalue weighted by molar-refractivity contribution is 7.18. The zero-order valence-corrected chi connectivity index (χ0v) is 19.4. The molecule has 0 fully saturated rings. The molecule has 0 atom stereocenters. The Morgan fingerprint density at radius 3 is 2.03 bits per heavy atom. The largest absolute Gasteiger partial charge is 0.322 e. The number of halogens is 1. The van der Waals surface area contributed by atoms with Crippen LogP contribution in [0.1, 0.15) is 58.9 Å². The molecule has 3 aromatic rings. The van der Waals surface area contributed by atoms with Crippen molar-refractivity contribution >= 4 is 46.2 Å². The van der Waals surface area contributed by atoms with Gasteiger partial charge in [0.2, 0.25) is 0 Å². The first-order chi connectivity index (χ1) is 14.6. The summed E-state index contributed by atoms with van der Waals surface area (Å²) in [5.41, 5.74) is 6.50. The summed E-state index contributed by atoms with van der Waals surface area (Å²) in [7, 11) is 0. The van der Waals surface area contributed by atoms with Crippen LogP contribution in [0.25, 0.3) is 0 Å². The van der Waals surface area contributed by atoms with E-state index in [9.17, 15) is 9.59 Å². The molecule has 0 saturated heterocycles. The van der Waals surface area contributed by atoms with E-state index in [1.54, 1.807) is 31.2 Å². The standard InChI is InChI=1S/C24H24ClN3O2S/c1-15(27-28-23(30)20-13-14-21(25)31-20)16-7-11-19(12-8-16)26-22(29)17-5-9-18(10-6-17)24(2,3)4/h5-14H,1-4H3,(H,26,29)(H,28,30)/b27-15-. The van der Waals surface area contributed by atoms with Crippen LogP contribution in [0.15, 0.2) is 65.8 Å². The average molecular weight is 454 g/mol. The maximum absolute atomic E-state index is 12.5. The Kier molecular flexibility index (Phi) is 6.93. The molecule has 1 heterocycles. The number of carbonyl (C=O) groups is 2. The number of nitrogens with one attached hydrogen (secondary N) is 2. The van der Waals surface area contributed by atoms with Gasteiger partial charge in [-0.05, 0) is 59.9 Å². The van der Waals surface area contributed by atoms with E-state index in [1.165, 1.54) is 16.9 Å². The van der Waals surface area contributed by atoms with Crippen molar-refractivity contribution in [2.75, 3.05) is 5.32 Å². The lowest BCUT2D eigenvalue weighted by Crippen LogP contribution is -2.18. The van der Waals surface area contributed by atoms with Gasteiger partial charge in [-0.1, -0.05) is 56.6 Å². The van der Waals surface area contributed by atoms with Gasteiger partial charge in [0.25, 0.3) is 11.8 Å². The summed E-state index contributed by atoms with van der Waals surface area (Å²) < 4.78 is 0.550. The predicted octanol–water partition coefficient (Wildman–Crippen LogP) is 6.11. The van der Waals surface area contributed by atoms with E-state index in [4.69, 9.17) is 11.6 Å². The van der Waals surface area contributed by atoms with Crippen LogP contribution < -0.4 is 10.7 Å². The second-order valence-corrected chi connectivity index (χ2v) is 9.82. The minimum absolute atomic E-state index is 0.0422. The number of benzene rings is 2. The molecule has 0 spiro atoms. The van der Waals surface area contributed by atoms with Crippen molar-refractivity contribution in [3.05, 3.63) is 86.6 Å². The number of hydrazone groups is 1. The van der Waals surface area contributed by atoms with Crippen LogP contribution in [0.5, 0.6) is 0 Å². The summed E-state index contributed by atoms with van der Waals surface area (Å²) in [5, 5.41) is 7.04. The molecular weight excluding hydrogens is 430 g/mol. The summed E-state index contributed by atoms with van der Waals surface area (Å²) in [4.78, 5) is 25.1. The van der Waals surface area contributed by atoms with Crippen molar-refractivity contribution in [1.29, 1.82) is 0 Å². The molecule has 0 aliphatic rings. The summed E-state index contributed by atoms with van der Waals surface area (Å²) in [6, 6.07) is 18.2. The van der Waals surface area contributed by atoms with Gasteiger partial charge in [-0.15, -0.1) is 11.3 Å². The quantitative estimate of drug-likeness (QED) is 0.361. The lowest BCUT2D eigenvalue weighted by Gasteiger charge is -2.19. The first kappa shape index (κ1) is 22.7. The average Bonchev–Trinajstić information content (AvgIpc) is 3.18. The summed E-state index contributed by atoms with van der Waals surface area (Å²) in [6.45, 7) is 8.21. The van der Waals surface area contributed by atoms with E-state index >= 15 is 0 Å². The van der Waals surface area contributed by atoms with E-state index in [0.29, 0.717) is 26.2 Å². The van der Waals surface area contributed by atoms with Crippen LogP contribution in [-0.4, -0.2) is 17.5 Å². The molecule has 0 radical (unpaired) electrons. The fourth-order valence-corrected chi connectivity index (χ4v) is 3.74. The van der Waals surface area contributed by atoms with Crippen molar-refractivity contribution in [2.45, 2.75) is 33.1 Å². The zero-order chi connectivity index (χ0) is 22.6. The molecule has 7 heteroatoms. The van der Waals surface area contributed by atoms with Crippen molar-refractivity contribution < 1.29 is 9.59 Å². The maximum atomic E-state index is 12.5. The number of carbonyl (C=O) groups excluding carboxylic acids is 2. The second kappa shape index (κ2) is 9.45. The second-order valence-electron chi connectivity index (χ2n) is 8.10. The van der Waals surface area contributed by atoms with Gasteiger partial charge in [-0.3, -0.25) is 9.59 Å². The summed E-state index contributed by atoms with van der Waals surface area (Å²) in [6.07, 6.45) is 0. The van der Waals surface area contributed by atoms with Crippen LogP contribution in [-0.2, 0) is 5.41 Å². The van der Waals surface area contributed by atoms with Crippen LogP contribution in [0.3, 0.4) is 0 Å². The first-order valence-electron chi connectivity index (χ1n) is 9.76. The highest BCUT2D eigenvalue weighted by Crippen LogP contribution is 2.23. The van der Waals surface area contributed by atoms with Crippen molar-refractivity contribution in [2.24, 2.45) is 5.10 Å². The third-order valence-electron chi connectivity index (χ3n) is 4.70. The van der Waals surface area contributed by atoms with Gasteiger partial charge < -0.3 is 5.32 Å². The smallest absolute Gasteiger partial charge is 0.281 e. The van der Waals surface area contributed by atoms with Crippen molar-refractivity contribution in [1.82, 2.24) is 5.43 Å². The molecule has 0 unspecified atom stereocenters. The third kappa shape index (κ3) is 6.03. The van der Waals surface area contributed by atoms with Gasteiger partial charge >= 0.3 is 0 Å². The van der Waals surface area contributed by atoms with Crippen LogP contribution >= 0.6 is 22.9 Å².